The van der Waals surface area contributed by atoms with Gasteiger partial charge in [0, 0.05) is 6.42 Å². The predicted octanol–water partition coefficient (Wildman–Crippen LogP) is -4.66. The van der Waals surface area contributed by atoms with E-state index in [0.717, 1.165) is 0 Å². The molecular weight excluding hydrogens is 468 g/mol. The number of carbonyl (C=O) groups excluding carboxylic acids is 3. The van der Waals surface area contributed by atoms with Crippen LogP contribution in [-0.2, 0) is 38.4 Å². The summed E-state index contributed by atoms with van der Waals surface area (Å²) in [6.07, 6.45) is -4.38. The molecule has 34 heavy (non-hydrogen) atoms. The molecule has 17 nitrogen and oxygen atoms in total. The van der Waals surface area contributed by atoms with Crippen LogP contribution in [0, 0.1) is 5.41 Å². The van der Waals surface area contributed by atoms with Crippen LogP contribution in [0.5, 0.6) is 0 Å². The van der Waals surface area contributed by atoms with E-state index in [4.69, 9.17) is 38.3 Å². The van der Waals surface area contributed by atoms with Crippen molar-refractivity contribution in [3.63, 3.8) is 0 Å². The molecule has 4 unspecified atom stereocenters. The fraction of sp³-hybridized carbons (Fsp3) is 0.529. The van der Waals surface area contributed by atoms with Crippen molar-refractivity contribution in [1.82, 2.24) is 0 Å². The number of nitrogens with two attached hydrogens (primary N) is 4. The van der Waals surface area contributed by atoms with Gasteiger partial charge in [0.1, 0.15) is 0 Å². The third kappa shape index (κ3) is 5.76. The highest BCUT2D eigenvalue weighted by atomic mass is 16.4. The Morgan fingerprint density at radius 3 is 1.24 bits per heavy atom. The van der Waals surface area contributed by atoms with Crippen LogP contribution in [0.2, 0.25) is 0 Å². The third-order valence-corrected chi connectivity index (χ3v) is 4.85. The maximum Gasteiger partial charge on any atom is 0.333 e. The fourth-order valence-corrected chi connectivity index (χ4v) is 3.16. The molecule has 0 aliphatic rings. The molecule has 0 saturated heterocycles. The molecule has 0 aromatic rings. The summed E-state index contributed by atoms with van der Waals surface area (Å²) in [5.74, 6) is -16.8. The molecule has 0 radical (unpaired) electrons. The molecule has 17 heteroatoms. The average molecular weight is 492 g/mol. The van der Waals surface area contributed by atoms with Gasteiger partial charge in [-0.1, -0.05) is 0 Å². The zero-order valence-electron chi connectivity index (χ0n) is 17.4. The smallest absolute Gasteiger partial charge is 0.333 e. The zero-order chi connectivity index (χ0) is 27.2. The van der Waals surface area contributed by atoms with Crippen LogP contribution >= 0.6 is 0 Å². The number of Topliss-reactive ketones (excluding diaryl/α,β-unsaturated/α-hetero) is 3. The summed E-state index contributed by atoms with van der Waals surface area (Å²) in [4.78, 5) is 96.4. The van der Waals surface area contributed by atoms with E-state index in [0.29, 0.717) is 0 Å². The molecule has 0 aromatic heterocycles. The SMILES string of the molecule is NC(CCC(=O)O)C(=O)C(N)(C(=O)O)C(C(=O)O)(C(=O)C(N)CC(=O)O)C(=O)C(N)CC(=O)O. The van der Waals surface area contributed by atoms with Gasteiger partial charge in [-0.2, -0.15) is 0 Å². The van der Waals surface area contributed by atoms with E-state index in [9.17, 15) is 48.6 Å². The lowest BCUT2D eigenvalue weighted by Gasteiger charge is -2.41. The lowest BCUT2D eigenvalue weighted by Crippen LogP contribution is -2.79. The second-order valence-corrected chi connectivity index (χ2v) is 7.21. The van der Waals surface area contributed by atoms with Gasteiger partial charge in [0.05, 0.1) is 31.0 Å². The van der Waals surface area contributed by atoms with E-state index in [1.54, 1.807) is 0 Å². The second-order valence-electron chi connectivity index (χ2n) is 7.21. The van der Waals surface area contributed by atoms with Gasteiger partial charge in [0.2, 0.25) is 11.0 Å². The van der Waals surface area contributed by atoms with Crippen LogP contribution in [0.4, 0.5) is 0 Å². The first-order valence-corrected chi connectivity index (χ1v) is 9.19. The summed E-state index contributed by atoms with van der Waals surface area (Å²) >= 11 is 0. The summed E-state index contributed by atoms with van der Waals surface area (Å²) in [5, 5.41) is 46.1. The minimum Gasteiger partial charge on any atom is -0.481 e. The van der Waals surface area contributed by atoms with Crippen molar-refractivity contribution in [2.45, 2.75) is 49.3 Å². The standard InChI is InChI=1S/C17H24N4O13/c18-5(1-2-8(22)23)13(30)17(21,15(33)34)16(14(31)32,11(28)6(19)3-9(24)25)12(29)7(20)4-10(26)27/h5-7H,1-4,18-21H2,(H,22,23)(H,24,25)(H,26,27)(H,31,32)(H,33,34). The van der Waals surface area contributed by atoms with Crippen LogP contribution in [0.1, 0.15) is 25.7 Å². The molecule has 0 heterocycles. The largest absolute Gasteiger partial charge is 0.481 e. The van der Waals surface area contributed by atoms with Crippen molar-refractivity contribution >= 4 is 47.2 Å². The Morgan fingerprint density at radius 1 is 0.588 bits per heavy atom. The Bertz CT molecular complexity index is 883. The summed E-state index contributed by atoms with van der Waals surface area (Å²) < 4.78 is 0. The summed E-state index contributed by atoms with van der Waals surface area (Å²) in [5.41, 5.74) is 13.5. The van der Waals surface area contributed by atoms with Crippen molar-refractivity contribution < 1.29 is 63.9 Å². The van der Waals surface area contributed by atoms with Gasteiger partial charge >= 0.3 is 29.8 Å². The zero-order valence-corrected chi connectivity index (χ0v) is 17.4. The van der Waals surface area contributed by atoms with E-state index in [1.807, 2.05) is 0 Å². The van der Waals surface area contributed by atoms with Gasteiger partial charge in [-0.15, -0.1) is 0 Å². The number of carboxylic acids is 5. The van der Waals surface area contributed by atoms with Crippen molar-refractivity contribution in [3.05, 3.63) is 0 Å². The molecule has 0 amide bonds. The van der Waals surface area contributed by atoms with Crippen molar-refractivity contribution in [1.29, 1.82) is 0 Å². The van der Waals surface area contributed by atoms with Crippen LogP contribution in [0.15, 0.2) is 0 Å². The first-order chi connectivity index (χ1) is 15.4. The molecule has 190 valence electrons. The van der Waals surface area contributed by atoms with Gasteiger partial charge in [-0.3, -0.25) is 33.6 Å². The topological polar surface area (TPSA) is 342 Å². The van der Waals surface area contributed by atoms with Crippen molar-refractivity contribution in [2.75, 3.05) is 0 Å². The number of hydrogen-bond donors (Lipinski definition) is 9. The van der Waals surface area contributed by atoms with Gasteiger partial charge in [-0.05, 0) is 6.42 Å². The second kappa shape index (κ2) is 11.4. The first-order valence-electron chi connectivity index (χ1n) is 9.19. The number of carboxylic acid groups (broad SMARTS) is 5. The normalized spacial score (nSPS) is 17.2. The molecule has 13 N–H and O–H groups in total. The maximum absolute atomic E-state index is 13.1. The maximum atomic E-state index is 13.1. The van der Waals surface area contributed by atoms with Crippen LogP contribution < -0.4 is 22.9 Å². The molecule has 0 bridgehead atoms. The quantitative estimate of drug-likeness (QED) is 0.0913. The number of carbonyl (C=O) groups is 8. The third-order valence-electron chi connectivity index (χ3n) is 4.85. The van der Waals surface area contributed by atoms with Crippen LogP contribution in [0.25, 0.3) is 0 Å². The minimum atomic E-state index is -4.24. The van der Waals surface area contributed by atoms with E-state index < -0.39 is 102 Å². The number of aliphatic carboxylic acids is 5. The van der Waals surface area contributed by atoms with E-state index in [1.165, 1.54) is 0 Å². The Hall–Kier alpha value is -3.80. The van der Waals surface area contributed by atoms with E-state index in [2.05, 4.69) is 0 Å². The minimum absolute atomic E-state index is 0.819. The van der Waals surface area contributed by atoms with Crippen LogP contribution in [-0.4, -0.2) is 96.4 Å². The van der Waals surface area contributed by atoms with Gasteiger partial charge in [0.25, 0.3) is 0 Å². The fourth-order valence-electron chi connectivity index (χ4n) is 3.16. The highest BCUT2D eigenvalue weighted by Gasteiger charge is 2.73. The Kier molecular flexibility index (Phi) is 10.1. The molecule has 0 rings (SSSR count). The lowest BCUT2D eigenvalue weighted by atomic mass is 9.58. The monoisotopic (exact) mass is 492 g/mol. The molecular formula is C17H24N4O13. The molecule has 0 fully saturated rings. The number of ketones is 3. The molecule has 0 saturated carbocycles. The summed E-state index contributed by atoms with van der Waals surface area (Å²) in [6, 6.07) is -7.01. The highest BCUT2D eigenvalue weighted by Crippen LogP contribution is 2.38. The van der Waals surface area contributed by atoms with Gasteiger partial charge in [0.15, 0.2) is 17.3 Å². The number of rotatable bonds is 16. The highest BCUT2D eigenvalue weighted by molar-refractivity contribution is 6.34. The van der Waals surface area contributed by atoms with E-state index >= 15 is 0 Å². The lowest BCUT2D eigenvalue weighted by molar-refractivity contribution is -0.178. The molecule has 0 aromatic carbocycles. The molecule has 4 atom stereocenters. The average Bonchev–Trinajstić information content (AvgIpc) is 2.69. The Balaban J connectivity index is 7.30. The Morgan fingerprint density at radius 2 is 0.971 bits per heavy atom. The van der Waals surface area contributed by atoms with Gasteiger partial charge in [-0.25, -0.2) is 4.79 Å². The Labute approximate surface area is 189 Å². The molecule has 0 spiro atoms. The first kappa shape index (κ1) is 30.2. The van der Waals surface area contributed by atoms with Crippen molar-refractivity contribution in [2.24, 2.45) is 28.3 Å². The number of hydrogen-bond acceptors (Lipinski definition) is 12. The van der Waals surface area contributed by atoms with Crippen molar-refractivity contribution in [3.8, 4) is 0 Å². The summed E-state index contributed by atoms with van der Waals surface area (Å²) in [6.45, 7) is 0. The predicted molar refractivity (Wildman–Crippen MR) is 105 cm³/mol. The van der Waals surface area contributed by atoms with Crippen LogP contribution in [0.3, 0.4) is 0 Å². The van der Waals surface area contributed by atoms with Gasteiger partial charge < -0.3 is 48.5 Å². The molecule has 0 aliphatic heterocycles. The van der Waals surface area contributed by atoms with E-state index in [-0.39, 0.29) is 0 Å². The molecule has 0 aliphatic carbocycles. The summed E-state index contributed by atoms with van der Waals surface area (Å²) in [7, 11) is 0.